The number of hydrogen-bond acceptors (Lipinski definition) is 3. The third kappa shape index (κ3) is 3.22. The summed E-state index contributed by atoms with van der Waals surface area (Å²) in [7, 11) is 0. The van der Waals surface area contributed by atoms with Gasteiger partial charge in [0.25, 0.3) is 0 Å². The second-order valence-corrected chi connectivity index (χ2v) is 4.20. The molecule has 1 saturated heterocycles. The largest absolute Gasteiger partial charge is 0.465 e. The van der Waals surface area contributed by atoms with Gasteiger partial charge < -0.3 is 20.4 Å². The molecule has 0 aromatic rings. The number of likely N-dealkylation sites (tertiary alicyclic amines) is 1. The number of aliphatic hydroxyl groups is 1. The maximum atomic E-state index is 10.6. The summed E-state index contributed by atoms with van der Waals surface area (Å²) in [5, 5.41) is 21.6. The Morgan fingerprint density at radius 2 is 2.07 bits per heavy atom. The molecule has 5 nitrogen and oxygen atoms in total. The van der Waals surface area contributed by atoms with Gasteiger partial charge in [0.2, 0.25) is 0 Å². The van der Waals surface area contributed by atoms with Crippen LogP contribution in [0.4, 0.5) is 4.79 Å². The van der Waals surface area contributed by atoms with Crippen LogP contribution in [0.5, 0.6) is 0 Å². The molecule has 3 N–H and O–H groups in total. The van der Waals surface area contributed by atoms with Gasteiger partial charge in [0.15, 0.2) is 0 Å². The van der Waals surface area contributed by atoms with E-state index in [0.717, 1.165) is 6.54 Å². The summed E-state index contributed by atoms with van der Waals surface area (Å²) < 4.78 is 0. The highest BCUT2D eigenvalue weighted by atomic mass is 35.5. The molecule has 6 heteroatoms. The summed E-state index contributed by atoms with van der Waals surface area (Å²) in [5.41, 5.74) is 0. The fraction of sp³-hybridized carbons (Fsp3) is 0.889. The van der Waals surface area contributed by atoms with Crippen LogP contribution in [-0.4, -0.2) is 53.0 Å². The molecule has 1 heterocycles. The normalized spacial score (nSPS) is 30.1. The monoisotopic (exact) mass is 236 g/mol. The second-order valence-electron chi connectivity index (χ2n) is 4.20. The first-order chi connectivity index (χ1) is 6.66. The number of hydrogen-bond donors (Lipinski definition) is 3. The van der Waals surface area contributed by atoms with Gasteiger partial charge in [-0.25, -0.2) is 4.79 Å². The minimum atomic E-state index is -0.932. The molecular weight excluding hydrogens is 220 g/mol. The first kappa shape index (κ1) is 12.5. The molecule has 2 aliphatic rings. The standard InChI is InChI=1S/C9H16N2O3.ClH/c12-8-5-11(9(13)14)4-6(8)3-10-7-1-2-7;/h6-8,10,12H,1-5H2,(H,13,14);1H/t6-,8-;/m1./s1. The zero-order valence-electron chi connectivity index (χ0n) is 8.43. The van der Waals surface area contributed by atoms with E-state index in [-0.39, 0.29) is 24.9 Å². The van der Waals surface area contributed by atoms with Crippen LogP contribution in [0.3, 0.4) is 0 Å². The van der Waals surface area contributed by atoms with Crippen molar-refractivity contribution in [2.75, 3.05) is 19.6 Å². The topological polar surface area (TPSA) is 72.8 Å². The number of halogens is 1. The molecule has 0 unspecified atom stereocenters. The summed E-state index contributed by atoms with van der Waals surface area (Å²) in [5.74, 6) is 0.0618. The number of carboxylic acid groups (broad SMARTS) is 1. The van der Waals surface area contributed by atoms with Crippen LogP contribution >= 0.6 is 12.4 Å². The van der Waals surface area contributed by atoms with Gasteiger partial charge in [-0.2, -0.15) is 0 Å². The molecule has 0 spiro atoms. The van der Waals surface area contributed by atoms with Gasteiger partial charge in [0.05, 0.1) is 12.6 Å². The van der Waals surface area contributed by atoms with Crippen molar-refractivity contribution in [1.82, 2.24) is 10.2 Å². The number of aliphatic hydroxyl groups excluding tert-OH is 1. The van der Waals surface area contributed by atoms with Crippen LogP contribution in [0.15, 0.2) is 0 Å². The van der Waals surface area contributed by atoms with Crippen LogP contribution in [0.2, 0.25) is 0 Å². The van der Waals surface area contributed by atoms with Crippen molar-refractivity contribution in [1.29, 1.82) is 0 Å². The van der Waals surface area contributed by atoms with Gasteiger partial charge in [-0.15, -0.1) is 12.4 Å². The van der Waals surface area contributed by atoms with Gasteiger partial charge in [0.1, 0.15) is 0 Å². The predicted octanol–water partition coefficient (Wildman–Crippen LogP) is 0.131. The molecule has 2 atom stereocenters. The SMILES string of the molecule is Cl.O=C(O)N1C[C@@H](CNC2CC2)[C@H](O)C1. The Bertz CT molecular complexity index is 235. The molecular formula is C9H17ClN2O3. The highest BCUT2D eigenvalue weighted by Gasteiger charge is 2.34. The van der Waals surface area contributed by atoms with E-state index in [0.29, 0.717) is 12.6 Å². The summed E-state index contributed by atoms with van der Waals surface area (Å²) in [6.07, 6.45) is 0.993. The van der Waals surface area contributed by atoms with E-state index in [1.54, 1.807) is 0 Å². The van der Waals surface area contributed by atoms with Gasteiger partial charge in [-0.1, -0.05) is 0 Å². The molecule has 0 aromatic carbocycles. The molecule has 1 aliphatic carbocycles. The van der Waals surface area contributed by atoms with E-state index < -0.39 is 12.2 Å². The minimum absolute atomic E-state index is 0. The Balaban J connectivity index is 0.00000112. The quantitative estimate of drug-likeness (QED) is 0.652. The number of amides is 1. The Morgan fingerprint density at radius 3 is 2.53 bits per heavy atom. The Morgan fingerprint density at radius 1 is 1.40 bits per heavy atom. The molecule has 0 bridgehead atoms. The molecule has 1 aliphatic heterocycles. The van der Waals surface area contributed by atoms with Crippen molar-refractivity contribution in [2.45, 2.75) is 25.0 Å². The lowest BCUT2D eigenvalue weighted by atomic mass is 10.1. The Hall–Kier alpha value is -0.520. The predicted molar refractivity (Wildman–Crippen MR) is 57.4 cm³/mol. The lowest BCUT2D eigenvalue weighted by Gasteiger charge is -2.13. The van der Waals surface area contributed by atoms with E-state index in [4.69, 9.17) is 5.11 Å². The van der Waals surface area contributed by atoms with E-state index in [9.17, 15) is 9.90 Å². The average Bonchev–Trinajstić information content (AvgIpc) is 2.87. The Labute approximate surface area is 94.9 Å². The van der Waals surface area contributed by atoms with Gasteiger partial charge >= 0.3 is 6.09 Å². The zero-order valence-corrected chi connectivity index (χ0v) is 9.24. The fourth-order valence-electron chi connectivity index (χ4n) is 1.82. The van der Waals surface area contributed by atoms with Crippen molar-refractivity contribution >= 4 is 18.5 Å². The number of rotatable bonds is 3. The summed E-state index contributed by atoms with van der Waals surface area (Å²) in [6.45, 7) is 1.44. The first-order valence-electron chi connectivity index (χ1n) is 5.06. The van der Waals surface area contributed by atoms with Crippen LogP contribution in [0, 0.1) is 5.92 Å². The molecule has 2 rings (SSSR count). The molecule has 88 valence electrons. The van der Waals surface area contributed by atoms with Crippen LogP contribution in [0.1, 0.15) is 12.8 Å². The lowest BCUT2D eigenvalue weighted by Crippen LogP contribution is -2.31. The molecule has 1 saturated carbocycles. The van der Waals surface area contributed by atoms with Gasteiger partial charge in [-0.05, 0) is 12.8 Å². The summed E-state index contributed by atoms with van der Waals surface area (Å²) in [6, 6.07) is 0.612. The van der Waals surface area contributed by atoms with E-state index >= 15 is 0 Å². The molecule has 2 fully saturated rings. The van der Waals surface area contributed by atoms with Crippen molar-refractivity contribution in [3.8, 4) is 0 Å². The fourth-order valence-corrected chi connectivity index (χ4v) is 1.82. The van der Waals surface area contributed by atoms with Crippen molar-refractivity contribution in [3.05, 3.63) is 0 Å². The van der Waals surface area contributed by atoms with Crippen molar-refractivity contribution in [3.63, 3.8) is 0 Å². The van der Waals surface area contributed by atoms with Crippen LogP contribution in [0.25, 0.3) is 0 Å². The highest BCUT2D eigenvalue weighted by Crippen LogP contribution is 2.21. The third-order valence-electron chi connectivity index (χ3n) is 2.92. The summed E-state index contributed by atoms with van der Waals surface area (Å²) in [4.78, 5) is 11.9. The number of nitrogens with one attached hydrogen (secondary N) is 1. The second kappa shape index (κ2) is 5.01. The van der Waals surface area contributed by atoms with Crippen LogP contribution in [-0.2, 0) is 0 Å². The molecule has 15 heavy (non-hydrogen) atoms. The van der Waals surface area contributed by atoms with Crippen molar-refractivity contribution < 1.29 is 15.0 Å². The average molecular weight is 237 g/mol. The molecule has 0 radical (unpaired) electrons. The number of nitrogens with zero attached hydrogens (tertiary/aromatic N) is 1. The highest BCUT2D eigenvalue weighted by molar-refractivity contribution is 5.85. The van der Waals surface area contributed by atoms with E-state index in [1.807, 2.05) is 0 Å². The lowest BCUT2D eigenvalue weighted by molar-refractivity contribution is 0.131. The van der Waals surface area contributed by atoms with Crippen molar-refractivity contribution in [2.24, 2.45) is 5.92 Å². The van der Waals surface area contributed by atoms with E-state index in [1.165, 1.54) is 17.7 Å². The number of β-amino-alcohol motifs (C(OH)–C–C–N with tert-alkyl or cyclic N) is 1. The van der Waals surface area contributed by atoms with Crippen LogP contribution < -0.4 is 5.32 Å². The van der Waals surface area contributed by atoms with Gasteiger partial charge in [0, 0.05) is 25.0 Å². The zero-order chi connectivity index (χ0) is 10.1. The maximum Gasteiger partial charge on any atom is 0.407 e. The third-order valence-corrected chi connectivity index (χ3v) is 2.92. The smallest absolute Gasteiger partial charge is 0.407 e. The van der Waals surface area contributed by atoms with E-state index in [2.05, 4.69) is 5.32 Å². The maximum absolute atomic E-state index is 10.6. The van der Waals surface area contributed by atoms with Gasteiger partial charge in [-0.3, -0.25) is 0 Å². The molecule has 0 aromatic heterocycles. The minimum Gasteiger partial charge on any atom is -0.465 e. The summed E-state index contributed by atoms with van der Waals surface area (Å²) >= 11 is 0. The first-order valence-corrected chi connectivity index (χ1v) is 5.06. The molecule has 1 amide bonds. The number of carbonyl (C=O) groups is 1. The Kier molecular flexibility index (Phi) is 4.19.